The highest BCUT2D eigenvalue weighted by Gasteiger charge is 2.07. The molecule has 9 nitrogen and oxygen atoms in total. The highest BCUT2D eigenvalue weighted by atomic mass is 32.1. The smallest absolute Gasteiger partial charge is 0.270 e. The average Bonchev–Trinajstić information content (AvgIpc) is 2.56. The van der Waals surface area contributed by atoms with Gasteiger partial charge < -0.3 is 5.32 Å². The first-order valence-electron chi connectivity index (χ1n) is 6.70. The summed E-state index contributed by atoms with van der Waals surface area (Å²) >= 11 is 5.01. The molecule has 0 radical (unpaired) electrons. The summed E-state index contributed by atoms with van der Waals surface area (Å²) in [5.74, 6) is -0.467. The molecule has 0 spiro atoms. The van der Waals surface area contributed by atoms with E-state index >= 15 is 0 Å². The molecule has 0 heterocycles. The van der Waals surface area contributed by atoms with Crippen LogP contribution in [0.3, 0.4) is 0 Å². The minimum Gasteiger partial charge on any atom is -0.361 e. The maximum atomic E-state index is 10.8. The van der Waals surface area contributed by atoms with E-state index in [1.165, 1.54) is 17.6 Å². The number of hydrogen-bond donors (Lipinski definition) is 4. The number of nitrogens with one attached hydrogen (secondary N) is 3. The van der Waals surface area contributed by atoms with Gasteiger partial charge in [0.15, 0.2) is 5.11 Å². The van der Waals surface area contributed by atoms with Gasteiger partial charge >= 0.3 is 0 Å². The second-order valence-electron chi connectivity index (χ2n) is 4.51. The lowest BCUT2D eigenvalue weighted by Crippen LogP contribution is -2.33. The van der Waals surface area contributed by atoms with Gasteiger partial charge in [-0.15, -0.1) is 0 Å². The van der Waals surface area contributed by atoms with E-state index in [9.17, 15) is 14.9 Å². The summed E-state index contributed by atoms with van der Waals surface area (Å²) in [7, 11) is 0. The largest absolute Gasteiger partial charge is 0.361 e. The Morgan fingerprint density at radius 2 is 2.22 bits per heavy atom. The molecule has 0 aliphatic heterocycles. The Hall–Kier alpha value is -2.59. The monoisotopic (exact) mass is 339 g/mol. The van der Waals surface area contributed by atoms with E-state index < -0.39 is 10.8 Å². The van der Waals surface area contributed by atoms with E-state index in [4.69, 9.17) is 17.4 Å². The number of hydroxylamine groups is 1. The lowest BCUT2D eigenvalue weighted by Gasteiger charge is -2.07. The molecule has 0 atom stereocenters. The molecule has 1 aromatic rings. The molecule has 1 amide bonds. The second-order valence-corrected chi connectivity index (χ2v) is 4.92. The zero-order valence-corrected chi connectivity index (χ0v) is 13.2. The molecular weight excluding hydrogens is 322 g/mol. The Kier molecular flexibility index (Phi) is 7.57. The summed E-state index contributed by atoms with van der Waals surface area (Å²) < 4.78 is 0. The summed E-state index contributed by atoms with van der Waals surface area (Å²) in [6.45, 7) is 2.13. The molecule has 0 unspecified atom stereocenters. The number of hydrazone groups is 1. The zero-order chi connectivity index (χ0) is 17.2. The number of hydrogen-bond acceptors (Lipinski definition) is 6. The molecule has 10 heteroatoms. The van der Waals surface area contributed by atoms with Crippen molar-refractivity contribution in [3.8, 4) is 0 Å². The normalized spacial score (nSPS) is 10.8. The van der Waals surface area contributed by atoms with E-state index in [0.717, 1.165) is 0 Å². The fourth-order valence-corrected chi connectivity index (χ4v) is 1.74. The van der Waals surface area contributed by atoms with Crippen molar-refractivity contribution in [1.29, 1.82) is 0 Å². The van der Waals surface area contributed by atoms with Crippen molar-refractivity contribution in [2.45, 2.75) is 19.8 Å². The molecule has 0 aliphatic rings. The van der Waals surface area contributed by atoms with Crippen molar-refractivity contribution >= 4 is 34.6 Å². The predicted octanol–water partition coefficient (Wildman–Crippen LogP) is 1.07. The highest BCUT2D eigenvalue weighted by molar-refractivity contribution is 7.80. The first-order chi connectivity index (χ1) is 10.9. The van der Waals surface area contributed by atoms with Gasteiger partial charge in [-0.05, 0) is 25.6 Å². The number of amides is 1. The Labute approximate surface area is 137 Å². The second kappa shape index (κ2) is 9.43. The van der Waals surface area contributed by atoms with E-state index in [-0.39, 0.29) is 17.2 Å². The Balaban J connectivity index is 2.46. The standard InChI is InChI=1S/C13H17N5O4S/c1-9(10-4-2-5-11(8-10)18(21)22)15-16-13(23)14-7-3-6-12(19)17-20/h2,4-5,8,20H,3,6-7H2,1H3,(H,17,19)(H2,14,16,23)/b15-9+. The Bertz CT molecular complexity index is 620. The average molecular weight is 339 g/mol. The molecule has 0 fully saturated rings. The van der Waals surface area contributed by atoms with Gasteiger partial charge in [-0.25, -0.2) is 5.48 Å². The van der Waals surface area contributed by atoms with Crippen LogP contribution in [0.1, 0.15) is 25.3 Å². The van der Waals surface area contributed by atoms with Crippen LogP contribution in [-0.4, -0.2) is 33.4 Å². The molecule has 124 valence electrons. The van der Waals surface area contributed by atoms with Crippen molar-refractivity contribution < 1.29 is 14.9 Å². The van der Waals surface area contributed by atoms with Gasteiger partial charge in [0, 0.05) is 30.7 Å². The third-order valence-electron chi connectivity index (χ3n) is 2.79. The molecule has 0 bridgehead atoms. The van der Waals surface area contributed by atoms with Crippen molar-refractivity contribution in [3.63, 3.8) is 0 Å². The first-order valence-corrected chi connectivity index (χ1v) is 7.10. The van der Waals surface area contributed by atoms with Gasteiger partial charge in [0.25, 0.3) is 5.69 Å². The number of non-ortho nitro benzene ring substituents is 1. The van der Waals surface area contributed by atoms with Crippen LogP contribution in [0.5, 0.6) is 0 Å². The molecule has 23 heavy (non-hydrogen) atoms. The minimum atomic E-state index is -0.473. The molecule has 0 saturated carbocycles. The predicted molar refractivity (Wildman–Crippen MR) is 88.2 cm³/mol. The summed E-state index contributed by atoms with van der Waals surface area (Å²) in [5.41, 5.74) is 5.29. The van der Waals surface area contributed by atoms with Crippen molar-refractivity contribution in [2.24, 2.45) is 5.10 Å². The van der Waals surface area contributed by atoms with Crippen LogP contribution in [0.15, 0.2) is 29.4 Å². The van der Waals surface area contributed by atoms with Crippen LogP contribution >= 0.6 is 12.2 Å². The van der Waals surface area contributed by atoms with Gasteiger partial charge in [0.05, 0.1) is 10.6 Å². The van der Waals surface area contributed by atoms with Gasteiger partial charge in [-0.2, -0.15) is 5.10 Å². The molecule has 1 rings (SSSR count). The number of nitro groups is 1. The first kappa shape index (κ1) is 18.5. The number of carbonyl (C=O) groups is 1. The zero-order valence-electron chi connectivity index (χ0n) is 12.4. The van der Waals surface area contributed by atoms with E-state index in [1.807, 2.05) is 0 Å². The number of benzene rings is 1. The lowest BCUT2D eigenvalue weighted by molar-refractivity contribution is -0.384. The third kappa shape index (κ3) is 6.80. The fraction of sp³-hybridized carbons (Fsp3) is 0.308. The summed E-state index contributed by atoms with van der Waals surface area (Å²) in [6, 6.07) is 6.11. The highest BCUT2D eigenvalue weighted by Crippen LogP contribution is 2.13. The number of carbonyl (C=O) groups excluding carboxylic acids is 1. The van der Waals surface area contributed by atoms with Crippen LogP contribution < -0.4 is 16.2 Å². The number of rotatable bonds is 7. The Morgan fingerprint density at radius 3 is 2.87 bits per heavy atom. The number of nitrogens with zero attached hydrogens (tertiary/aromatic N) is 2. The molecular formula is C13H17N5O4S. The van der Waals surface area contributed by atoms with Gasteiger partial charge in [-0.1, -0.05) is 12.1 Å². The lowest BCUT2D eigenvalue weighted by atomic mass is 10.1. The Morgan fingerprint density at radius 1 is 1.48 bits per heavy atom. The van der Waals surface area contributed by atoms with Crippen LogP contribution in [0.25, 0.3) is 0 Å². The summed E-state index contributed by atoms with van der Waals surface area (Å²) in [5, 5.41) is 26.2. The molecule has 4 N–H and O–H groups in total. The molecule has 0 aliphatic carbocycles. The van der Waals surface area contributed by atoms with Gasteiger partial charge in [-0.3, -0.25) is 25.5 Å². The number of nitro benzene ring substituents is 1. The van der Waals surface area contributed by atoms with Crippen LogP contribution in [0.2, 0.25) is 0 Å². The van der Waals surface area contributed by atoms with E-state index in [1.54, 1.807) is 19.1 Å². The fourth-order valence-electron chi connectivity index (χ4n) is 1.59. The maximum Gasteiger partial charge on any atom is 0.270 e. The van der Waals surface area contributed by atoms with Gasteiger partial charge in [0.2, 0.25) is 5.91 Å². The molecule has 0 aromatic heterocycles. The van der Waals surface area contributed by atoms with Crippen molar-refractivity contribution in [1.82, 2.24) is 16.2 Å². The van der Waals surface area contributed by atoms with Crippen LogP contribution in [0, 0.1) is 10.1 Å². The van der Waals surface area contributed by atoms with Crippen LogP contribution in [-0.2, 0) is 4.79 Å². The third-order valence-corrected chi connectivity index (χ3v) is 3.03. The van der Waals surface area contributed by atoms with Crippen molar-refractivity contribution in [2.75, 3.05) is 6.54 Å². The number of thiocarbonyl (C=S) groups is 1. The summed E-state index contributed by atoms with van der Waals surface area (Å²) in [4.78, 5) is 21.1. The van der Waals surface area contributed by atoms with E-state index in [2.05, 4.69) is 15.8 Å². The van der Waals surface area contributed by atoms with Crippen molar-refractivity contribution in [3.05, 3.63) is 39.9 Å². The van der Waals surface area contributed by atoms with Crippen LogP contribution in [0.4, 0.5) is 5.69 Å². The SMILES string of the molecule is C/C(=N\NC(=S)NCCCC(=O)NO)c1cccc([N+](=O)[O-])c1. The quantitative estimate of drug-likeness (QED) is 0.146. The molecule has 0 saturated heterocycles. The van der Waals surface area contributed by atoms with Gasteiger partial charge in [0.1, 0.15) is 0 Å². The topological polar surface area (TPSA) is 129 Å². The minimum absolute atomic E-state index is 0.0140. The van der Waals surface area contributed by atoms with E-state index in [0.29, 0.717) is 24.2 Å². The molecule has 1 aromatic carbocycles. The maximum absolute atomic E-state index is 10.8. The summed E-state index contributed by atoms with van der Waals surface area (Å²) in [6.07, 6.45) is 0.657.